The van der Waals surface area contributed by atoms with Crippen molar-refractivity contribution in [2.24, 2.45) is 11.6 Å². The summed E-state index contributed by atoms with van der Waals surface area (Å²) in [7, 11) is 2.85. The van der Waals surface area contributed by atoms with Gasteiger partial charge in [-0.1, -0.05) is 0 Å². The van der Waals surface area contributed by atoms with E-state index in [2.05, 4.69) is 27.5 Å². The highest BCUT2D eigenvalue weighted by Gasteiger charge is 2.08. The Morgan fingerprint density at radius 2 is 1.77 bits per heavy atom. The molecule has 0 saturated carbocycles. The number of ketones is 1. The molecule has 0 radical (unpaired) electrons. The van der Waals surface area contributed by atoms with E-state index in [-0.39, 0.29) is 10.9 Å². The van der Waals surface area contributed by atoms with Crippen molar-refractivity contribution in [3.63, 3.8) is 0 Å². The van der Waals surface area contributed by atoms with Gasteiger partial charge < -0.3 is 20.6 Å². The van der Waals surface area contributed by atoms with E-state index in [4.69, 9.17) is 5.73 Å². The molecule has 0 heterocycles. The first-order valence-corrected chi connectivity index (χ1v) is 3.72. The van der Waals surface area contributed by atoms with Gasteiger partial charge in [0.25, 0.3) is 0 Å². The van der Waals surface area contributed by atoms with Crippen LogP contribution in [0.2, 0.25) is 0 Å². The number of hydrazine groups is 1. The summed E-state index contributed by atoms with van der Waals surface area (Å²) in [6, 6.07) is 0. The molecule has 0 unspecified atom stereocenters. The van der Waals surface area contributed by atoms with E-state index in [0.717, 1.165) is 0 Å². The van der Waals surface area contributed by atoms with E-state index in [1.165, 1.54) is 21.1 Å². The maximum atomic E-state index is 10.4. The van der Waals surface area contributed by atoms with E-state index in [1.807, 2.05) is 5.43 Å². The minimum absolute atomic E-state index is 0.116. The number of ether oxygens (including phenoxy) is 2. The number of nitrogens with one attached hydrogen (secondary N) is 1. The lowest BCUT2D eigenvalue weighted by molar-refractivity contribution is -0.154. The standard InChI is InChI=1S/C5H10O3.CH5N3S/c1-4(6)5(7-2)8-3;2-1(5)4-3/h5H,1-3H3;3H2,(H3,2,4,5). The predicted octanol–water partition coefficient (Wildman–Crippen LogP) is -1.11. The summed E-state index contributed by atoms with van der Waals surface area (Å²) in [6.45, 7) is 1.41. The van der Waals surface area contributed by atoms with Crippen LogP contribution in [0.1, 0.15) is 6.92 Å². The molecule has 13 heavy (non-hydrogen) atoms. The lowest BCUT2D eigenvalue weighted by atomic mass is 10.4. The van der Waals surface area contributed by atoms with Crippen molar-refractivity contribution < 1.29 is 14.3 Å². The molecule has 0 spiro atoms. The molecule has 0 rings (SSSR count). The monoisotopic (exact) mass is 209 g/mol. The van der Waals surface area contributed by atoms with Gasteiger partial charge in [0.05, 0.1) is 0 Å². The molecular formula is C6H15N3O3S. The molecule has 0 fully saturated rings. The third kappa shape index (κ3) is 11.2. The van der Waals surface area contributed by atoms with Crippen molar-refractivity contribution >= 4 is 23.1 Å². The van der Waals surface area contributed by atoms with Crippen LogP contribution in [0.25, 0.3) is 0 Å². The van der Waals surface area contributed by atoms with Crippen LogP contribution in [0.3, 0.4) is 0 Å². The summed E-state index contributed by atoms with van der Waals surface area (Å²) in [5.41, 5.74) is 6.82. The van der Waals surface area contributed by atoms with Crippen molar-refractivity contribution in [1.29, 1.82) is 0 Å². The minimum atomic E-state index is -0.685. The predicted molar refractivity (Wildman–Crippen MR) is 52.6 cm³/mol. The van der Waals surface area contributed by atoms with E-state index >= 15 is 0 Å². The summed E-state index contributed by atoms with van der Waals surface area (Å²) in [4.78, 5) is 10.4. The number of rotatable bonds is 3. The summed E-state index contributed by atoms with van der Waals surface area (Å²) < 4.78 is 9.18. The maximum absolute atomic E-state index is 10.4. The molecule has 0 aliphatic rings. The van der Waals surface area contributed by atoms with Crippen LogP contribution in [0.5, 0.6) is 0 Å². The fourth-order valence-corrected chi connectivity index (χ4v) is 0.428. The molecule has 0 aliphatic heterocycles. The SMILES string of the molecule is COC(OC)C(C)=O.NNC(N)=S. The number of thiocarbonyl (C=S) groups is 1. The topological polar surface area (TPSA) is 99.6 Å². The first-order valence-electron chi connectivity index (χ1n) is 3.31. The van der Waals surface area contributed by atoms with Gasteiger partial charge >= 0.3 is 0 Å². The molecule has 0 bridgehead atoms. The third-order valence-electron chi connectivity index (χ3n) is 0.902. The van der Waals surface area contributed by atoms with Crippen molar-refractivity contribution in [1.82, 2.24) is 5.43 Å². The molecule has 0 saturated heterocycles. The molecule has 6 nitrogen and oxygen atoms in total. The van der Waals surface area contributed by atoms with Gasteiger partial charge in [0, 0.05) is 14.2 Å². The lowest BCUT2D eigenvalue weighted by Crippen LogP contribution is -2.34. The van der Waals surface area contributed by atoms with Gasteiger partial charge in [-0.05, 0) is 19.1 Å². The zero-order chi connectivity index (χ0) is 10.9. The Hall–Kier alpha value is -0.760. The second kappa shape index (κ2) is 9.33. The number of carbonyl (C=O) groups excluding carboxylic acids is 1. The Labute approximate surface area is 82.5 Å². The molecule has 7 heteroatoms. The van der Waals surface area contributed by atoms with Gasteiger partial charge in [0.1, 0.15) is 0 Å². The van der Waals surface area contributed by atoms with E-state index in [1.54, 1.807) is 0 Å². The van der Waals surface area contributed by atoms with Crippen LogP contribution < -0.4 is 17.0 Å². The molecule has 0 aromatic carbocycles. The van der Waals surface area contributed by atoms with Crippen LogP contribution in [-0.4, -0.2) is 31.4 Å². The van der Waals surface area contributed by atoms with Gasteiger partial charge in [-0.3, -0.25) is 4.79 Å². The average Bonchev–Trinajstić information content (AvgIpc) is 2.07. The average molecular weight is 209 g/mol. The first-order chi connectivity index (χ1) is 5.99. The van der Waals surface area contributed by atoms with E-state index in [0.29, 0.717) is 0 Å². The Morgan fingerprint density at radius 1 is 1.46 bits per heavy atom. The number of carbonyl (C=O) groups is 1. The highest BCUT2D eigenvalue weighted by Crippen LogP contribution is 1.89. The second-order valence-corrected chi connectivity index (χ2v) is 2.36. The highest BCUT2D eigenvalue weighted by atomic mass is 32.1. The molecule has 0 aromatic rings. The number of hydrogen-bond donors (Lipinski definition) is 3. The van der Waals surface area contributed by atoms with Crippen LogP contribution >= 0.6 is 12.2 Å². The molecule has 0 aliphatic carbocycles. The number of hydrogen-bond acceptors (Lipinski definition) is 5. The van der Waals surface area contributed by atoms with Gasteiger partial charge in [0.15, 0.2) is 10.9 Å². The molecular weight excluding hydrogens is 194 g/mol. The third-order valence-corrected chi connectivity index (χ3v) is 1.02. The zero-order valence-corrected chi connectivity index (χ0v) is 8.68. The largest absolute Gasteiger partial charge is 0.375 e. The summed E-state index contributed by atoms with van der Waals surface area (Å²) >= 11 is 4.24. The van der Waals surface area contributed by atoms with Crippen LogP contribution in [0.15, 0.2) is 0 Å². The van der Waals surface area contributed by atoms with Gasteiger partial charge in [-0.15, -0.1) is 0 Å². The van der Waals surface area contributed by atoms with Crippen molar-refractivity contribution in [3.05, 3.63) is 0 Å². The first kappa shape index (κ1) is 14.7. The summed E-state index contributed by atoms with van der Waals surface area (Å²) in [5, 5.41) is 0.116. The molecule has 0 amide bonds. The van der Waals surface area contributed by atoms with Crippen molar-refractivity contribution in [3.8, 4) is 0 Å². The Kier molecular flexibility index (Phi) is 10.6. The Morgan fingerprint density at radius 3 is 1.77 bits per heavy atom. The number of methoxy groups -OCH3 is 2. The molecule has 0 aromatic heterocycles. The zero-order valence-electron chi connectivity index (χ0n) is 7.87. The fraction of sp³-hybridized carbons (Fsp3) is 0.667. The summed E-state index contributed by atoms with van der Waals surface area (Å²) in [5.74, 6) is 4.54. The molecule has 78 valence electrons. The Balaban J connectivity index is 0. The van der Waals surface area contributed by atoms with Gasteiger partial charge in [-0.2, -0.15) is 0 Å². The van der Waals surface area contributed by atoms with E-state index < -0.39 is 6.29 Å². The van der Waals surface area contributed by atoms with Crippen LogP contribution in [0.4, 0.5) is 0 Å². The normalized spacial score (nSPS) is 8.69. The molecule has 0 atom stereocenters. The van der Waals surface area contributed by atoms with E-state index in [9.17, 15) is 4.79 Å². The lowest BCUT2D eigenvalue weighted by Gasteiger charge is -2.07. The smallest absolute Gasteiger partial charge is 0.216 e. The van der Waals surface area contributed by atoms with Gasteiger partial charge in [-0.25, -0.2) is 5.84 Å². The number of nitrogens with two attached hydrogens (primary N) is 2. The minimum Gasteiger partial charge on any atom is -0.375 e. The van der Waals surface area contributed by atoms with Crippen molar-refractivity contribution in [2.45, 2.75) is 13.2 Å². The van der Waals surface area contributed by atoms with Crippen LogP contribution in [-0.2, 0) is 14.3 Å². The maximum Gasteiger partial charge on any atom is 0.216 e. The quantitative estimate of drug-likeness (QED) is 0.234. The second-order valence-electron chi connectivity index (χ2n) is 1.92. The number of Topliss-reactive ketones (excluding diaryl/α,β-unsaturated/α-hetero) is 1. The molecule has 5 N–H and O–H groups in total. The van der Waals surface area contributed by atoms with Crippen molar-refractivity contribution in [2.75, 3.05) is 14.2 Å². The fourth-order valence-electron chi connectivity index (χ4n) is 0.428. The summed E-state index contributed by atoms with van der Waals surface area (Å²) in [6.07, 6.45) is -0.685. The Bertz CT molecular complexity index is 161. The van der Waals surface area contributed by atoms with Gasteiger partial charge in [0.2, 0.25) is 6.29 Å². The highest BCUT2D eigenvalue weighted by molar-refractivity contribution is 7.80. The van der Waals surface area contributed by atoms with Crippen LogP contribution in [0, 0.1) is 0 Å².